The van der Waals surface area contributed by atoms with E-state index >= 15 is 0 Å². The number of hydrogen-bond acceptors (Lipinski definition) is 4. The molecule has 4 N–H and O–H groups in total. The van der Waals surface area contributed by atoms with E-state index in [1.165, 1.54) is 24.0 Å². The third-order valence-electron chi connectivity index (χ3n) is 5.99. The molecule has 0 heterocycles. The molecule has 3 aromatic rings. The van der Waals surface area contributed by atoms with Crippen molar-refractivity contribution in [2.24, 2.45) is 5.73 Å². The van der Waals surface area contributed by atoms with E-state index in [2.05, 4.69) is 116 Å². The zero-order valence-electron chi connectivity index (χ0n) is 23.8. The van der Waals surface area contributed by atoms with Crippen molar-refractivity contribution in [1.82, 2.24) is 5.32 Å². The highest BCUT2D eigenvalue weighted by atomic mass is 15.1. The molecule has 0 fully saturated rings. The first-order valence-electron chi connectivity index (χ1n) is 13.4. The predicted octanol–water partition coefficient (Wildman–Crippen LogP) is 8.41. The van der Waals surface area contributed by atoms with Crippen LogP contribution < -0.4 is 21.3 Å². The smallest absolute Gasteiger partial charge is 0.0658 e. The summed E-state index contributed by atoms with van der Waals surface area (Å²) >= 11 is 0. The van der Waals surface area contributed by atoms with Gasteiger partial charge in [0, 0.05) is 40.0 Å². The predicted molar refractivity (Wildman–Crippen MR) is 168 cm³/mol. The number of rotatable bonds is 10. The van der Waals surface area contributed by atoms with Crippen LogP contribution in [-0.4, -0.2) is 21.1 Å². The molecule has 0 spiro atoms. The number of nitrogens with two attached hydrogens (primary N) is 1. The van der Waals surface area contributed by atoms with Crippen LogP contribution in [0.3, 0.4) is 0 Å². The summed E-state index contributed by atoms with van der Waals surface area (Å²) in [4.78, 5) is 2.10. The van der Waals surface area contributed by atoms with Crippen molar-refractivity contribution in [3.05, 3.63) is 101 Å². The summed E-state index contributed by atoms with van der Waals surface area (Å²) in [5, 5.41) is 6.87. The summed E-state index contributed by atoms with van der Waals surface area (Å²) in [6, 6.07) is 25.5. The van der Waals surface area contributed by atoms with Crippen LogP contribution in [0, 0.1) is 0 Å². The summed E-state index contributed by atoms with van der Waals surface area (Å²) < 4.78 is 0. The average Bonchev–Trinajstić information content (AvgIpc) is 2.92. The number of hydrogen-bond donors (Lipinski definition) is 3. The van der Waals surface area contributed by atoms with Crippen molar-refractivity contribution < 1.29 is 1.43 Å². The van der Waals surface area contributed by atoms with E-state index in [0.717, 1.165) is 40.3 Å². The first-order chi connectivity index (χ1) is 17.8. The van der Waals surface area contributed by atoms with Gasteiger partial charge in [0.25, 0.3) is 0 Å². The second-order valence-electron chi connectivity index (χ2n) is 9.49. The number of benzene rings is 3. The lowest BCUT2D eigenvalue weighted by Gasteiger charge is -2.22. The molecule has 3 rings (SSSR count). The zero-order valence-corrected chi connectivity index (χ0v) is 23.8. The lowest BCUT2D eigenvalue weighted by atomic mass is 10.0. The van der Waals surface area contributed by atoms with Gasteiger partial charge < -0.3 is 21.3 Å². The van der Waals surface area contributed by atoms with Crippen molar-refractivity contribution in [2.75, 3.05) is 31.4 Å². The summed E-state index contributed by atoms with van der Waals surface area (Å²) in [5.41, 5.74) is 15.1. The third kappa shape index (κ3) is 9.05. The van der Waals surface area contributed by atoms with Gasteiger partial charge in [-0.15, -0.1) is 0 Å². The lowest BCUT2D eigenvalue weighted by molar-refractivity contribution is 0.701. The molecule has 3 aromatic carbocycles. The summed E-state index contributed by atoms with van der Waals surface area (Å²) in [7, 11) is 6.01. The highest BCUT2D eigenvalue weighted by Gasteiger charge is 2.14. The van der Waals surface area contributed by atoms with Crippen LogP contribution >= 0.6 is 0 Å². The Balaban J connectivity index is 0.00000172. The minimum absolute atomic E-state index is 0. The van der Waals surface area contributed by atoms with Crippen molar-refractivity contribution in [1.29, 1.82) is 0 Å². The molecule has 0 aliphatic rings. The number of nitrogens with one attached hydrogen (secondary N) is 2. The molecule has 0 radical (unpaired) electrons. The van der Waals surface area contributed by atoms with Crippen LogP contribution in [0.15, 0.2) is 78.9 Å². The molecule has 200 valence electrons. The van der Waals surface area contributed by atoms with Gasteiger partial charge in [-0.2, -0.15) is 0 Å². The molecule has 0 aliphatic carbocycles. The first kappa shape index (κ1) is 29.6. The Bertz CT molecular complexity index is 1120. The van der Waals surface area contributed by atoms with E-state index in [4.69, 9.17) is 5.73 Å². The Labute approximate surface area is 226 Å². The van der Waals surface area contributed by atoms with Gasteiger partial charge in [-0.3, -0.25) is 0 Å². The van der Waals surface area contributed by atoms with Crippen LogP contribution in [0.2, 0.25) is 0 Å². The number of nitrogens with zero attached hydrogens (tertiary/aromatic N) is 1. The van der Waals surface area contributed by atoms with Crippen LogP contribution in [0.1, 0.15) is 76.7 Å². The van der Waals surface area contributed by atoms with Crippen molar-refractivity contribution in [2.45, 2.75) is 53.0 Å². The number of allylic oxidation sites excluding steroid dienone is 1. The van der Waals surface area contributed by atoms with Crippen LogP contribution in [0.4, 0.5) is 11.4 Å². The fourth-order valence-corrected chi connectivity index (χ4v) is 3.79. The van der Waals surface area contributed by atoms with Gasteiger partial charge >= 0.3 is 0 Å². The monoisotopic (exact) mass is 500 g/mol. The van der Waals surface area contributed by atoms with E-state index in [1.807, 2.05) is 33.3 Å². The highest BCUT2D eigenvalue weighted by Crippen LogP contribution is 2.27. The van der Waals surface area contributed by atoms with E-state index in [1.54, 1.807) is 0 Å². The average molecular weight is 501 g/mol. The van der Waals surface area contributed by atoms with Crippen LogP contribution in [-0.2, 0) is 0 Å². The second-order valence-corrected chi connectivity index (χ2v) is 9.49. The quantitative estimate of drug-likeness (QED) is 0.245. The maximum absolute atomic E-state index is 6.76. The molecule has 0 bridgehead atoms. The Morgan fingerprint density at radius 3 is 1.97 bits per heavy atom. The maximum atomic E-state index is 6.76. The van der Waals surface area contributed by atoms with Gasteiger partial charge in [0.1, 0.15) is 0 Å². The van der Waals surface area contributed by atoms with Crippen molar-refractivity contribution in [3.8, 4) is 0 Å². The SMILES string of the molecule is CCC.CCCC=Cc1ccc(C(C)N/C(=C(\N)c2ccc(NC)cc2)c2ccc(N(C)C)cc2)cc1.[HH]. The van der Waals surface area contributed by atoms with E-state index in [0.29, 0.717) is 0 Å². The van der Waals surface area contributed by atoms with Crippen molar-refractivity contribution >= 4 is 28.8 Å². The fraction of sp³-hybridized carbons (Fsp3) is 0.333. The van der Waals surface area contributed by atoms with Gasteiger partial charge in [-0.05, 0) is 59.9 Å². The topological polar surface area (TPSA) is 53.3 Å². The summed E-state index contributed by atoms with van der Waals surface area (Å²) in [6.45, 7) is 8.62. The van der Waals surface area contributed by atoms with Crippen LogP contribution in [0.5, 0.6) is 0 Å². The lowest BCUT2D eigenvalue weighted by Crippen LogP contribution is -2.21. The van der Waals surface area contributed by atoms with Crippen LogP contribution in [0.25, 0.3) is 17.5 Å². The molecule has 1 atom stereocenters. The summed E-state index contributed by atoms with van der Waals surface area (Å²) in [6.07, 6.45) is 7.94. The molecule has 0 amide bonds. The molecule has 37 heavy (non-hydrogen) atoms. The molecule has 0 saturated carbocycles. The Kier molecular flexibility index (Phi) is 12.3. The molecular weight excluding hydrogens is 452 g/mol. The third-order valence-corrected chi connectivity index (χ3v) is 5.99. The molecule has 0 aliphatic heterocycles. The minimum Gasteiger partial charge on any atom is -0.397 e. The molecule has 1 unspecified atom stereocenters. The fourth-order valence-electron chi connectivity index (χ4n) is 3.79. The van der Waals surface area contributed by atoms with Gasteiger partial charge in [0.15, 0.2) is 0 Å². The van der Waals surface area contributed by atoms with Crippen molar-refractivity contribution in [3.63, 3.8) is 0 Å². The Morgan fingerprint density at radius 2 is 1.46 bits per heavy atom. The van der Waals surface area contributed by atoms with E-state index in [9.17, 15) is 0 Å². The highest BCUT2D eigenvalue weighted by molar-refractivity contribution is 5.89. The van der Waals surface area contributed by atoms with Gasteiger partial charge in [0.05, 0.1) is 11.4 Å². The summed E-state index contributed by atoms with van der Waals surface area (Å²) in [5.74, 6) is 0. The molecular formula is C33H48N4. The molecule has 0 aromatic heterocycles. The number of unbranched alkanes of at least 4 members (excludes halogenated alkanes) is 1. The maximum Gasteiger partial charge on any atom is 0.0658 e. The second kappa shape index (κ2) is 15.5. The zero-order chi connectivity index (χ0) is 27.2. The molecule has 4 nitrogen and oxygen atoms in total. The largest absolute Gasteiger partial charge is 0.397 e. The molecule has 0 saturated heterocycles. The Morgan fingerprint density at radius 1 is 0.892 bits per heavy atom. The number of anilines is 2. The minimum atomic E-state index is 0. The Hall–Kier alpha value is -3.66. The van der Waals surface area contributed by atoms with Gasteiger partial charge in [-0.25, -0.2) is 0 Å². The standard InChI is InChI=1S/C30H38N4.C3H8.H2/c1-6-7-8-9-23-10-12-24(13-11-23)22(2)33-30(26-16-20-28(21-17-26)34(4)5)29(31)25-14-18-27(32-3)19-15-25;1-3-2;/h8-22,32-33H,6-7,31H2,1-5H3;3H2,1-2H3;1H/b9-8?,30-29-;;. The normalized spacial score (nSPS) is 12.3. The van der Waals surface area contributed by atoms with Gasteiger partial charge in [0.2, 0.25) is 0 Å². The first-order valence-corrected chi connectivity index (χ1v) is 13.4. The van der Waals surface area contributed by atoms with Gasteiger partial charge in [-0.1, -0.05) is 94.3 Å². The van der Waals surface area contributed by atoms with E-state index < -0.39 is 0 Å². The van der Waals surface area contributed by atoms with E-state index in [-0.39, 0.29) is 7.47 Å². The molecule has 4 heteroatoms.